The number of hydrogen-bond acceptors (Lipinski definition) is 1. The summed E-state index contributed by atoms with van der Waals surface area (Å²) in [6.45, 7) is 9.28. The fraction of sp³-hybridized carbons (Fsp3) is 0.127. The van der Waals surface area contributed by atoms with E-state index in [1.165, 1.54) is 83.5 Å². The summed E-state index contributed by atoms with van der Waals surface area (Å²) in [5, 5.41) is 0. The van der Waals surface area contributed by atoms with Crippen molar-refractivity contribution in [1.82, 2.24) is 0 Å². The second kappa shape index (κ2) is 12.0. The van der Waals surface area contributed by atoms with Crippen LogP contribution in [-0.2, 0) is 10.8 Å². The molecule has 0 amide bonds. The van der Waals surface area contributed by atoms with Gasteiger partial charge in [0.1, 0.15) is 0 Å². The van der Waals surface area contributed by atoms with Gasteiger partial charge in [-0.25, -0.2) is 0 Å². The van der Waals surface area contributed by atoms with Crippen molar-refractivity contribution >= 4 is 17.1 Å². The lowest BCUT2D eigenvalue weighted by molar-refractivity contribution is 0.660. The molecule has 56 heavy (non-hydrogen) atoms. The van der Waals surface area contributed by atoms with Crippen molar-refractivity contribution < 1.29 is 0 Å². The van der Waals surface area contributed by atoms with Crippen molar-refractivity contribution in [3.8, 4) is 44.5 Å². The summed E-state index contributed by atoms with van der Waals surface area (Å²) < 4.78 is 0. The van der Waals surface area contributed by atoms with E-state index in [-0.39, 0.29) is 5.41 Å². The van der Waals surface area contributed by atoms with Crippen LogP contribution in [0.2, 0.25) is 0 Å². The van der Waals surface area contributed by atoms with E-state index >= 15 is 0 Å². The summed E-state index contributed by atoms with van der Waals surface area (Å²) in [6.07, 6.45) is 0. The summed E-state index contributed by atoms with van der Waals surface area (Å²) in [5.74, 6) is 0.439. The van der Waals surface area contributed by atoms with Crippen LogP contribution in [0.5, 0.6) is 0 Å². The van der Waals surface area contributed by atoms with Gasteiger partial charge in [0.25, 0.3) is 0 Å². The lowest BCUT2D eigenvalue weighted by Crippen LogP contribution is -2.26. The van der Waals surface area contributed by atoms with E-state index < -0.39 is 5.41 Å². The molecular formula is C55H43N. The van der Waals surface area contributed by atoms with Crippen molar-refractivity contribution in [1.29, 1.82) is 0 Å². The highest BCUT2D eigenvalue weighted by molar-refractivity contribution is 5.96. The summed E-state index contributed by atoms with van der Waals surface area (Å²) in [6, 6.07) is 68.6. The molecule has 0 radical (unpaired) electrons. The fourth-order valence-electron chi connectivity index (χ4n) is 10.6. The van der Waals surface area contributed by atoms with E-state index in [9.17, 15) is 0 Å². The summed E-state index contributed by atoms with van der Waals surface area (Å²) in [7, 11) is 0. The minimum atomic E-state index is -0.411. The highest BCUT2D eigenvalue weighted by atomic mass is 15.1. The first-order valence-electron chi connectivity index (χ1n) is 20.0. The average Bonchev–Trinajstić information content (AvgIpc) is 3.80. The molecule has 3 aliphatic carbocycles. The number of hydrogen-bond donors (Lipinski definition) is 0. The van der Waals surface area contributed by atoms with Gasteiger partial charge in [0.05, 0.1) is 5.41 Å². The van der Waals surface area contributed by atoms with Gasteiger partial charge >= 0.3 is 0 Å². The Morgan fingerprint density at radius 2 is 0.786 bits per heavy atom. The first kappa shape index (κ1) is 32.9. The molecular weight excluding hydrogens is 675 g/mol. The predicted octanol–water partition coefficient (Wildman–Crippen LogP) is 14.6. The summed E-state index contributed by atoms with van der Waals surface area (Å²) >= 11 is 0. The van der Waals surface area contributed by atoms with Crippen molar-refractivity contribution in [3.05, 3.63) is 221 Å². The number of nitrogens with zero attached hydrogens (tertiary/aromatic N) is 1. The number of anilines is 3. The number of benzene rings is 8. The maximum atomic E-state index is 2.50. The van der Waals surface area contributed by atoms with Crippen LogP contribution < -0.4 is 4.90 Å². The summed E-state index contributed by atoms with van der Waals surface area (Å²) in [4.78, 5) is 2.48. The summed E-state index contributed by atoms with van der Waals surface area (Å²) in [5.41, 5.74) is 23.0. The molecule has 0 unspecified atom stereocenters. The monoisotopic (exact) mass is 717 g/mol. The maximum absolute atomic E-state index is 2.50. The smallest absolute Gasteiger partial charge is 0.0726 e. The molecule has 0 saturated carbocycles. The Morgan fingerprint density at radius 3 is 1.38 bits per heavy atom. The van der Waals surface area contributed by atoms with Gasteiger partial charge in [0, 0.05) is 22.5 Å². The highest BCUT2D eigenvalue weighted by Gasteiger charge is 2.51. The molecule has 3 aliphatic rings. The van der Waals surface area contributed by atoms with Gasteiger partial charge in [-0.2, -0.15) is 0 Å². The van der Waals surface area contributed by atoms with Crippen molar-refractivity contribution in [2.45, 2.75) is 44.4 Å². The van der Waals surface area contributed by atoms with Crippen molar-refractivity contribution in [3.63, 3.8) is 0 Å². The normalized spacial score (nSPS) is 14.5. The molecule has 1 spiro atoms. The zero-order chi connectivity index (χ0) is 37.8. The van der Waals surface area contributed by atoms with Crippen LogP contribution in [0.1, 0.15) is 72.6 Å². The Balaban J connectivity index is 1.15. The second-order valence-electron chi connectivity index (χ2n) is 16.6. The van der Waals surface area contributed by atoms with E-state index in [2.05, 4.69) is 215 Å². The number of rotatable bonds is 5. The second-order valence-corrected chi connectivity index (χ2v) is 16.6. The van der Waals surface area contributed by atoms with Gasteiger partial charge in [-0.3, -0.25) is 0 Å². The van der Waals surface area contributed by atoms with Crippen LogP contribution in [-0.4, -0.2) is 0 Å². The minimum absolute atomic E-state index is 0.0598. The average molecular weight is 718 g/mol. The molecule has 0 aromatic heterocycles. The number of fused-ring (bicyclic) bond motifs is 13. The molecule has 0 atom stereocenters. The first-order chi connectivity index (χ1) is 27.4. The van der Waals surface area contributed by atoms with Crippen molar-refractivity contribution in [2.24, 2.45) is 0 Å². The fourth-order valence-corrected chi connectivity index (χ4v) is 10.6. The first-order valence-corrected chi connectivity index (χ1v) is 20.0. The third-order valence-corrected chi connectivity index (χ3v) is 13.1. The highest BCUT2D eigenvalue weighted by Crippen LogP contribution is 2.63. The van der Waals surface area contributed by atoms with E-state index in [0.717, 1.165) is 17.1 Å². The zero-order valence-corrected chi connectivity index (χ0v) is 32.3. The Morgan fingerprint density at radius 1 is 0.357 bits per heavy atom. The van der Waals surface area contributed by atoms with Gasteiger partial charge in [0.2, 0.25) is 0 Å². The standard InChI is InChI=1S/C55H43N/c1-35(2)40-15-5-6-16-41(40)36-25-27-37(28-26-36)56(38-30-32-49-47(33-38)45-20-7-11-21-48(45)54(49,3)4)39-29-31-46-44-19-10-14-24-52(44)55(53(46)34-39)50-22-12-8-17-42(50)43-18-9-13-23-51(43)55/h5-35H,1-4H3. The SMILES string of the molecule is CC(C)c1ccccc1-c1ccc(N(c2ccc3c(c2)-c2ccccc2C3(C)C)c2ccc3c(c2)C2(c4ccccc4-c4ccccc42)c2ccccc2-3)cc1. The van der Waals surface area contributed by atoms with Gasteiger partial charge in [-0.1, -0.05) is 173 Å². The molecule has 0 heterocycles. The molecule has 0 saturated heterocycles. The van der Waals surface area contributed by atoms with Crippen LogP contribution >= 0.6 is 0 Å². The maximum Gasteiger partial charge on any atom is 0.0726 e. The third kappa shape index (κ3) is 4.43. The van der Waals surface area contributed by atoms with Crippen molar-refractivity contribution in [2.75, 3.05) is 4.90 Å². The molecule has 0 aliphatic heterocycles. The largest absolute Gasteiger partial charge is 0.310 e. The molecule has 268 valence electrons. The van der Waals surface area contributed by atoms with Crippen LogP contribution in [0, 0.1) is 0 Å². The predicted molar refractivity (Wildman–Crippen MR) is 235 cm³/mol. The van der Waals surface area contributed by atoms with E-state index in [1.54, 1.807) is 0 Å². The van der Waals surface area contributed by atoms with E-state index in [0.29, 0.717) is 5.92 Å². The van der Waals surface area contributed by atoms with Gasteiger partial charge in [-0.15, -0.1) is 0 Å². The molecule has 0 N–H and O–H groups in total. The molecule has 1 heteroatoms. The van der Waals surface area contributed by atoms with Crippen LogP contribution in [0.15, 0.2) is 182 Å². The Bertz CT molecular complexity index is 2810. The van der Waals surface area contributed by atoms with Crippen LogP contribution in [0.4, 0.5) is 17.1 Å². The third-order valence-electron chi connectivity index (χ3n) is 13.1. The molecule has 8 aromatic carbocycles. The Labute approximate surface area is 330 Å². The minimum Gasteiger partial charge on any atom is -0.310 e. The van der Waals surface area contributed by atoms with E-state index in [4.69, 9.17) is 0 Å². The van der Waals surface area contributed by atoms with Crippen LogP contribution in [0.3, 0.4) is 0 Å². The van der Waals surface area contributed by atoms with Gasteiger partial charge in [0.15, 0.2) is 0 Å². The quantitative estimate of drug-likeness (QED) is 0.171. The molecule has 1 nitrogen and oxygen atoms in total. The molecule has 0 bridgehead atoms. The Kier molecular flexibility index (Phi) is 7.08. The van der Waals surface area contributed by atoms with E-state index in [1.807, 2.05) is 0 Å². The van der Waals surface area contributed by atoms with Gasteiger partial charge in [-0.05, 0) is 126 Å². The zero-order valence-electron chi connectivity index (χ0n) is 32.3. The van der Waals surface area contributed by atoms with Crippen LogP contribution in [0.25, 0.3) is 44.5 Å². The lowest BCUT2D eigenvalue weighted by Gasteiger charge is -2.32. The topological polar surface area (TPSA) is 3.24 Å². The molecule has 11 rings (SSSR count). The molecule has 8 aromatic rings. The Hall–Kier alpha value is -6.44. The lowest BCUT2D eigenvalue weighted by atomic mass is 9.70. The van der Waals surface area contributed by atoms with Gasteiger partial charge < -0.3 is 4.90 Å². The molecule has 0 fully saturated rings.